The predicted molar refractivity (Wildman–Crippen MR) is 114 cm³/mol. The summed E-state index contributed by atoms with van der Waals surface area (Å²) >= 11 is 0. The van der Waals surface area contributed by atoms with Gasteiger partial charge in [-0.3, -0.25) is 23.5 Å². The van der Waals surface area contributed by atoms with E-state index in [1.54, 1.807) is 0 Å². The lowest BCUT2D eigenvalue weighted by Crippen LogP contribution is -2.46. The molecule has 1 aliphatic rings. The summed E-state index contributed by atoms with van der Waals surface area (Å²) < 4.78 is 2.06. The van der Waals surface area contributed by atoms with Gasteiger partial charge in [0.05, 0.1) is 6.54 Å². The highest BCUT2D eigenvalue weighted by molar-refractivity contribution is 5.97. The summed E-state index contributed by atoms with van der Waals surface area (Å²) in [5.74, 6) is -3.02. The molecule has 0 spiro atoms. The van der Waals surface area contributed by atoms with Crippen LogP contribution in [-0.2, 0) is 17.8 Å². The van der Waals surface area contributed by atoms with Gasteiger partial charge in [-0.05, 0) is 30.4 Å². The van der Waals surface area contributed by atoms with Crippen molar-refractivity contribution in [2.75, 3.05) is 6.54 Å². The van der Waals surface area contributed by atoms with Crippen LogP contribution in [0.2, 0.25) is 0 Å². The third kappa shape index (κ3) is 4.87. The maximum absolute atomic E-state index is 13.2. The molecule has 1 aromatic carbocycles. The number of carbonyl (C=O) groups is 2. The number of carboxylic acid groups (broad SMARTS) is 1. The van der Waals surface area contributed by atoms with Gasteiger partial charge in [-0.1, -0.05) is 50.5 Å². The lowest BCUT2D eigenvalue weighted by Gasteiger charge is -2.26. The summed E-state index contributed by atoms with van der Waals surface area (Å²) in [6, 6.07) is 7.10. The first-order valence-electron chi connectivity index (χ1n) is 10.5. The summed E-state index contributed by atoms with van der Waals surface area (Å²) in [5, 5.41) is 21.7. The minimum atomic E-state index is -1.29. The number of nitrogens with zero attached hydrogens (tertiary/aromatic N) is 2. The van der Waals surface area contributed by atoms with Crippen molar-refractivity contribution in [1.82, 2.24) is 14.5 Å². The first kappa shape index (κ1) is 22.3. The zero-order chi connectivity index (χ0) is 22.5. The Kier molecular flexibility index (Phi) is 6.94. The van der Waals surface area contributed by atoms with Crippen LogP contribution in [-0.4, -0.2) is 37.8 Å². The number of aromatic hydroxyl groups is 1. The molecular formula is C22H27N3O6. The zero-order valence-corrected chi connectivity index (χ0v) is 17.5. The Morgan fingerprint density at radius 1 is 1.06 bits per heavy atom. The predicted octanol–water partition coefficient (Wildman–Crippen LogP) is 1.65. The van der Waals surface area contributed by atoms with Crippen molar-refractivity contribution < 1.29 is 19.8 Å². The van der Waals surface area contributed by atoms with Gasteiger partial charge in [0.1, 0.15) is 6.54 Å². The number of rotatable bonds is 7. The molecule has 9 nitrogen and oxygen atoms in total. The molecule has 1 fully saturated rings. The summed E-state index contributed by atoms with van der Waals surface area (Å²) in [5.41, 5.74) is -0.429. The first-order valence-corrected chi connectivity index (χ1v) is 10.5. The van der Waals surface area contributed by atoms with Crippen LogP contribution in [0.25, 0.3) is 0 Å². The second-order valence-electron chi connectivity index (χ2n) is 7.78. The average molecular weight is 429 g/mol. The van der Waals surface area contributed by atoms with Gasteiger partial charge < -0.3 is 15.5 Å². The van der Waals surface area contributed by atoms with Gasteiger partial charge in [0.25, 0.3) is 11.5 Å². The third-order valence-corrected chi connectivity index (χ3v) is 5.69. The van der Waals surface area contributed by atoms with Crippen molar-refractivity contribution in [3.05, 3.63) is 61.8 Å². The second kappa shape index (κ2) is 9.63. The van der Waals surface area contributed by atoms with E-state index in [0.717, 1.165) is 40.4 Å². The number of aromatic nitrogens is 2. The minimum Gasteiger partial charge on any atom is -0.494 e. The number of carbonyl (C=O) groups excluding carboxylic acids is 1. The van der Waals surface area contributed by atoms with E-state index in [1.807, 2.05) is 31.2 Å². The highest BCUT2D eigenvalue weighted by Crippen LogP contribution is 2.30. The van der Waals surface area contributed by atoms with Gasteiger partial charge in [-0.2, -0.15) is 0 Å². The fourth-order valence-corrected chi connectivity index (χ4v) is 3.97. The summed E-state index contributed by atoms with van der Waals surface area (Å²) in [6.45, 7) is 1.25. The fourth-order valence-electron chi connectivity index (χ4n) is 3.97. The molecule has 1 aromatic heterocycles. The van der Waals surface area contributed by atoms with Crippen LogP contribution in [0.1, 0.15) is 66.6 Å². The Morgan fingerprint density at radius 2 is 1.68 bits per heavy atom. The fraction of sp³-hybridized carbons (Fsp3) is 0.455. The minimum absolute atomic E-state index is 0.0616. The van der Waals surface area contributed by atoms with Crippen LogP contribution in [0.4, 0.5) is 0 Å². The lowest BCUT2D eigenvalue weighted by atomic mass is 9.95. The van der Waals surface area contributed by atoms with Crippen LogP contribution < -0.4 is 16.6 Å². The quantitative estimate of drug-likeness (QED) is 0.613. The van der Waals surface area contributed by atoms with Gasteiger partial charge >= 0.3 is 11.7 Å². The van der Waals surface area contributed by atoms with Crippen molar-refractivity contribution in [3.63, 3.8) is 0 Å². The number of amides is 1. The number of nitrogens with one attached hydrogen (secondary N) is 1. The molecule has 0 aliphatic heterocycles. The average Bonchev–Trinajstić information content (AvgIpc) is 2.76. The van der Waals surface area contributed by atoms with Gasteiger partial charge in [-0.25, -0.2) is 4.79 Å². The van der Waals surface area contributed by atoms with Crippen molar-refractivity contribution in [2.45, 2.75) is 58.0 Å². The molecule has 1 heterocycles. The number of hydrogen-bond donors (Lipinski definition) is 3. The first-order chi connectivity index (χ1) is 14.8. The Bertz CT molecular complexity index is 1080. The molecule has 1 amide bonds. The van der Waals surface area contributed by atoms with Crippen molar-refractivity contribution in [2.24, 2.45) is 0 Å². The van der Waals surface area contributed by atoms with E-state index in [1.165, 1.54) is 0 Å². The summed E-state index contributed by atoms with van der Waals surface area (Å²) in [4.78, 5) is 49.6. The molecule has 3 rings (SSSR count). The van der Waals surface area contributed by atoms with Crippen LogP contribution >= 0.6 is 0 Å². The standard InChI is InChI=1S/C22H27N3O6/c1-2-14-8-10-15(11-9-14)13-24-20(29)18(19(28)23-12-17(26)27)21(30)25(22(24)31)16-6-4-3-5-7-16/h8-11,16,30H,2-7,12-13H2,1H3,(H,23,28)(H,26,27). The summed E-state index contributed by atoms with van der Waals surface area (Å²) in [7, 11) is 0. The molecule has 1 saturated carbocycles. The molecule has 166 valence electrons. The Balaban J connectivity index is 2.12. The van der Waals surface area contributed by atoms with Crippen LogP contribution in [0.3, 0.4) is 0 Å². The number of hydrogen-bond acceptors (Lipinski definition) is 5. The number of benzene rings is 1. The Labute approximate surface area is 179 Å². The maximum Gasteiger partial charge on any atom is 0.334 e. The van der Waals surface area contributed by atoms with E-state index in [2.05, 4.69) is 5.32 Å². The highest BCUT2D eigenvalue weighted by Gasteiger charge is 2.28. The lowest BCUT2D eigenvalue weighted by molar-refractivity contribution is -0.135. The molecule has 0 unspecified atom stereocenters. The van der Waals surface area contributed by atoms with Crippen LogP contribution in [0, 0.1) is 0 Å². The monoisotopic (exact) mass is 429 g/mol. The molecule has 0 saturated heterocycles. The molecule has 0 atom stereocenters. The zero-order valence-electron chi connectivity index (χ0n) is 17.5. The van der Waals surface area contributed by atoms with E-state index in [-0.39, 0.29) is 12.6 Å². The van der Waals surface area contributed by atoms with E-state index in [0.29, 0.717) is 18.4 Å². The Morgan fingerprint density at radius 3 is 2.26 bits per heavy atom. The van der Waals surface area contributed by atoms with Gasteiger partial charge in [0.2, 0.25) is 5.88 Å². The van der Waals surface area contributed by atoms with Crippen LogP contribution in [0.15, 0.2) is 33.9 Å². The maximum atomic E-state index is 13.2. The molecule has 0 radical (unpaired) electrons. The SMILES string of the molecule is CCc1ccc(Cn2c(=O)c(C(=O)NCC(=O)O)c(O)n(C3CCCCC3)c2=O)cc1. The normalized spacial score (nSPS) is 14.4. The molecule has 2 aromatic rings. The Hall–Kier alpha value is -3.36. The van der Waals surface area contributed by atoms with Crippen molar-refractivity contribution >= 4 is 11.9 Å². The van der Waals surface area contributed by atoms with Crippen molar-refractivity contribution in [3.8, 4) is 5.88 Å². The summed E-state index contributed by atoms with van der Waals surface area (Å²) in [6.07, 6.45) is 4.90. The smallest absolute Gasteiger partial charge is 0.334 e. The highest BCUT2D eigenvalue weighted by atomic mass is 16.4. The number of aliphatic carboxylic acids is 1. The van der Waals surface area contributed by atoms with E-state index in [9.17, 15) is 24.3 Å². The molecule has 1 aliphatic carbocycles. The number of aryl methyl sites for hydroxylation is 1. The molecule has 9 heteroatoms. The molecular weight excluding hydrogens is 402 g/mol. The topological polar surface area (TPSA) is 131 Å². The second-order valence-corrected chi connectivity index (χ2v) is 7.78. The van der Waals surface area contributed by atoms with Gasteiger partial charge in [0, 0.05) is 6.04 Å². The molecule has 3 N–H and O–H groups in total. The molecule has 31 heavy (non-hydrogen) atoms. The van der Waals surface area contributed by atoms with Gasteiger partial charge in [0.15, 0.2) is 5.56 Å². The third-order valence-electron chi connectivity index (χ3n) is 5.69. The van der Waals surface area contributed by atoms with Crippen molar-refractivity contribution in [1.29, 1.82) is 0 Å². The largest absolute Gasteiger partial charge is 0.494 e. The van der Waals surface area contributed by atoms with Gasteiger partial charge in [-0.15, -0.1) is 0 Å². The van der Waals surface area contributed by atoms with Crippen LogP contribution in [0.5, 0.6) is 5.88 Å². The molecule has 0 bridgehead atoms. The van der Waals surface area contributed by atoms with E-state index in [4.69, 9.17) is 5.11 Å². The number of carboxylic acids is 1. The van der Waals surface area contributed by atoms with E-state index < -0.39 is 41.1 Å². The van der Waals surface area contributed by atoms with E-state index >= 15 is 0 Å².